The van der Waals surface area contributed by atoms with Crippen LogP contribution in [0, 0.1) is 34.5 Å². The summed E-state index contributed by atoms with van der Waals surface area (Å²) in [7, 11) is 0. The van der Waals surface area contributed by atoms with Gasteiger partial charge in [-0.05, 0) is 55.3 Å². The van der Waals surface area contributed by atoms with Crippen LogP contribution < -0.4 is 0 Å². The fourth-order valence-electron chi connectivity index (χ4n) is 5.85. The van der Waals surface area contributed by atoms with Crippen molar-refractivity contribution in [3.63, 3.8) is 0 Å². The summed E-state index contributed by atoms with van der Waals surface area (Å²) in [5.41, 5.74) is 0.515. The Bertz CT molecular complexity index is 441. The molecule has 3 aliphatic rings. The van der Waals surface area contributed by atoms with Crippen LogP contribution in [-0.4, -0.2) is 12.1 Å². The molecule has 3 rings (SSSR count). The van der Waals surface area contributed by atoms with E-state index in [1.807, 2.05) is 0 Å². The summed E-state index contributed by atoms with van der Waals surface area (Å²) < 4.78 is 6.15. The second-order valence-electron chi connectivity index (χ2n) is 9.06. The zero-order chi connectivity index (χ0) is 16.1. The predicted octanol–water partition coefficient (Wildman–Crippen LogP) is 5.21. The first-order chi connectivity index (χ1) is 10.3. The maximum atomic E-state index is 12.8. The molecule has 6 atom stereocenters. The average molecular weight is 306 g/mol. The number of hydrogen-bond acceptors (Lipinski definition) is 2. The van der Waals surface area contributed by atoms with E-state index in [9.17, 15) is 4.79 Å². The Morgan fingerprint density at radius 2 is 1.82 bits per heavy atom. The van der Waals surface area contributed by atoms with Gasteiger partial charge in [0.05, 0.1) is 5.92 Å². The van der Waals surface area contributed by atoms with Crippen molar-refractivity contribution in [1.82, 2.24) is 0 Å². The van der Waals surface area contributed by atoms with Crippen LogP contribution in [0.3, 0.4) is 0 Å². The zero-order valence-electron chi connectivity index (χ0n) is 15.2. The highest BCUT2D eigenvalue weighted by molar-refractivity contribution is 5.73. The molecule has 0 spiro atoms. The fraction of sp³-hybridized carbons (Fsp3) is 0.950. The Morgan fingerprint density at radius 1 is 1.09 bits per heavy atom. The van der Waals surface area contributed by atoms with E-state index in [2.05, 4.69) is 34.6 Å². The first-order valence-electron chi connectivity index (χ1n) is 9.54. The van der Waals surface area contributed by atoms with Crippen LogP contribution in [0.2, 0.25) is 0 Å². The predicted molar refractivity (Wildman–Crippen MR) is 89.4 cm³/mol. The lowest BCUT2D eigenvalue weighted by Gasteiger charge is -2.39. The minimum absolute atomic E-state index is 0.123. The second kappa shape index (κ2) is 5.53. The SMILES string of the molecule is CCC1CC(CC)C(C(=O)OC2CC3CCC2(C)C3(C)C)C1. The minimum atomic E-state index is 0.123. The molecule has 2 nitrogen and oxygen atoms in total. The third kappa shape index (κ3) is 2.24. The van der Waals surface area contributed by atoms with Gasteiger partial charge in [-0.3, -0.25) is 4.79 Å². The van der Waals surface area contributed by atoms with E-state index in [1.54, 1.807) is 0 Å². The van der Waals surface area contributed by atoms with Crippen LogP contribution in [0.15, 0.2) is 0 Å². The molecule has 2 heteroatoms. The number of rotatable bonds is 4. The van der Waals surface area contributed by atoms with Gasteiger partial charge in [0.1, 0.15) is 6.10 Å². The summed E-state index contributed by atoms with van der Waals surface area (Å²) in [6.45, 7) is 11.6. The van der Waals surface area contributed by atoms with Crippen LogP contribution >= 0.6 is 0 Å². The first kappa shape index (κ1) is 16.3. The van der Waals surface area contributed by atoms with E-state index in [1.165, 1.54) is 25.7 Å². The summed E-state index contributed by atoms with van der Waals surface area (Å²) in [6, 6.07) is 0. The molecule has 3 fully saturated rings. The standard InChI is InChI=1S/C20H34O2/c1-6-13-10-14(7-2)16(11-13)18(21)22-17-12-15-8-9-20(17,5)19(15,3)4/h13-17H,6-12H2,1-5H3. The van der Waals surface area contributed by atoms with E-state index >= 15 is 0 Å². The van der Waals surface area contributed by atoms with Crippen molar-refractivity contribution >= 4 is 5.97 Å². The summed E-state index contributed by atoms with van der Waals surface area (Å²) >= 11 is 0. The van der Waals surface area contributed by atoms with Gasteiger partial charge in [0.2, 0.25) is 0 Å². The largest absolute Gasteiger partial charge is 0.462 e. The molecular weight excluding hydrogens is 272 g/mol. The van der Waals surface area contributed by atoms with Gasteiger partial charge in [-0.2, -0.15) is 0 Å². The maximum Gasteiger partial charge on any atom is 0.309 e. The third-order valence-electron chi connectivity index (χ3n) is 8.17. The number of hydrogen-bond donors (Lipinski definition) is 0. The van der Waals surface area contributed by atoms with Gasteiger partial charge in [-0.15, -0.1) is 0 Å². The van der Waals surface area contributed by atoms with E-state index in [0.29, 0.717) is 11.3 Å². The second-order valence-corrected chi connectivity index (χ2v) is 9.06. The normalized spacial score (nSPS) is 46.1. The van der Waals surface area contributed by atoms with Crippen LogP contribution in [0.25, 0.3) is 0 Å². The lowest BCUT2D eigenvalue weighted by atomic mass is 9.70. The molecule has 22 heavy (non-hydrogen) atoms. The molecule has 126 valence electrons. The molecule has 0 aromatic rings. The highest BCUT2D eigenvalue weighted by Gasteiger charge is 2.63. The van der Waals surface area contributed by atoms with Crippen LogP contribution in [0.1, 0.15) is 79.6 Å². The molecule has 3 saturated carbocycles. The number of carbonyl (C=O) groups is 1. The molecule has 2 bridgehead atoms. The number of fused-ring (bicyclic) bond motifs is 2. The van der Waals surface area contributed by atoms with E-state index in [0.717, 1.165) is 31.1 Å². The van der Waals surface area contributed by atoms with Gasteiger partial charge in [-0.25, -0.2) is 0 Å². The minimum Gasteiger partial charge on any atom is -0.462 e. The number of esters is 1. The van der Waals surface area contributed by atoms with Gasteiger partial charge in [0, 0.05) is 5.41 Å². The molecule has 0 N–H and O–H groups in total. The molecule has 0 aromatic carbocycles. The smallest absolute Gasteiger partial charge is 0.309 e. The lowest BCUT2D eigenvalue weighted by Crippen LogP contribution is -2.39. The highest BCUT2D eigenvalue weighted by atomic mass is 16.5. The first-order valence-corrected chi connectivity index (χ1v) is 9.54. The van der Waals surface area contributed by atoms with Gasteiger partial charge in [0.15, 0.2) is 0 Å². The van der Waals surface area contributed by atoms with E-state index < -0.39 is 0 Å². The molecule has 0 aromatic heterocycles. The van der Waals surface area contributed by atoms with Crippen molar-refractivity contribution in [2.45, 2.75) is 85.7 Å². The topological polar surface area (TPSA) is 26.3 Å². The van der Waals surface area contributed by atoms with Crippen LogP contribution in [0.4, 0.5) is 0 Å². The highest BCUT2D eigenvalue weighted by Crippen LogP contribution is 2.66. The fourth-order valence-corrected chi connectivity index (χ4v) is 5.85. The molecule has 3 aliphatic carbocycles. The van der Waals surface area contributed by atoms with Gasteiger partial charge in [-0.1, -0.05) is 47.5 Å². The van der Waals surface area contributed by atoms with Crippen LogP contribution in [0.5, 0.6) is 0 Å². The monoisotopic (exact) mass is 306 g/mol. The molecule has 0 amide bonds. The lowest BCUT2D eigenvalue weighted by molar-refractivity contribution is -0.163. The molecule has 6 unspecified atom stereocenters. The van der Waals surface area contributed by atoms with Crippen LogP contribution in [-0.2, 0) is 9.53 Å². The van der Waals surface area contributed by atoms with Gasteiger partial charge >= 0.3 is 5.97 Å². The average Bonchev–Trinajstić information content (AvgIpc) is 3.06. The number of carbonyl (C=O) groups excluding carboxylic acids is 1. The maximum absolute atomic E-state index is 12.8. The quantitative estimate of drug-likeness (QED) is 0.667. The van der Waals surface area contributed by atoms with Crippen molar-refractivity contribution in [2.75, 3.05) is 0 Å². The summed E-state index contributed by atoms with van der Waals surface area (Å²) in [5.74, 6) is 2.31. The Kier molecular flexibility index (Phi) is 4.10. The van der Waals surface area contributed by atoms with E-state index in [-0.39, 0.29) is 23.4 Å². The Balaban J connectivity index is 1.68. The Hall–Kier alpha value is -0.530. The van der Waals surface area contributed by atoms with Crippen molar-refractivity contribution in [3.8, 4) is 0 Å². The molecule has 0 heterocycles. The van der Waals surface area contributed by atoms with Gasteiger partial charge < -0.3 is 4.74 Å². The molecular formula is C20H34O2. The third-order valence-corrected chi connectivity index (χ3v) is 8.17. The van der Waals surface area contributed by atoms with Crippen molar-refractivity contribution in [3.05, 3.63) is 0 Å². The summed E-state index contributed by atoms with van der Waals surface area (Å²) in [6.07, 6.45) is 8.40. The summed E-state index contributed by atoms with van der Waals surface area (Å²) in [4.78, 5) is 12.8. The Labute approximate surface area is 136 Å². The van der Waals surface area contributed by atoms with Gasteiger partial charge in [0.25, 0.3) is 0 Å². The number of ether oxygens (including phenoxy) is 1. The van der Waals surface area contributed by atoms with Crippen molar-refractivity contribution in [2.24, 2.45) is 34.5 Å². The molecule has 0 aliphatic heterocycles. The van der Waals surface area contributed by atoms with Crippen molar-refractivity contribution < 1.29 is 9.53 Å². The molecule has 0 saturated heterocycles. The zero-order valence-corrected chi connectivity index (χ0v) is 15.2. The van der Waals surface area contributed by atoms with E-state index in [4.69, 9.17) is 4.74 Å². The summed E-state index contributed by atoms with van der Waals surface area (Å²) in [5, 5.41) is 0. The molecule has 0 radical (unpaired) electrons. The Morgan fingerprint density at radius 3 is 2.32 bits per heavy atom. The van der Waals surface area contributed by atoms with Crippen molar-refractivity contribution in [1.29, 1.82) is 0 Å².